The smallest absolute Gasteiger partial charge is 0.418 e. The van der Waals surface area contributed by atoms with Crippen LogP contribution in [0.2, 0.25) is 0 Å². The van der Waals surface area contributed by atoms with Crippen molar-refractivity contribution in [1.82, 2.24) is 0 Å². The summed E-state index contributed by atoms with van der Waals surface area (Å²) in [5, 5.41) is 0. The number of hydrogen-bond donors (Lipinski definition) is 0. The minimum Gasteiger partial charge on any atom is -0.418 e. The Labute approximate surface area is 141 Å². The van der Waals surface area contributed by atoms with Gasteiger partial charge in [0.2, 0.25) is 0 Å². The summed E-state index contributed by atoms with van der Waals surface area (Å²) in [6, 6.07) is 10.1. The molecule has 1 aromatic carbocycles. The molecule has 0 aliphatic heterocycles. The van der Waals surface area contributed by atoms with Crippen LogP contribution in [-0.2, 0) is 11.3 Å². The molecular weight excluding hydrogens is 397 g/mol. The summed E-state index contributed by atoms with van der Waals surface area (Å²) >= 11 is 0. The van der Waals surface area contributed by atoms with Crippen LogP contribution in [0.4, 0.5) is 51.8 Å². The zero-order valence-corrected chi connectivity index (χ0v) is 12.8. The van der Waals surface area contributed by atoms with E-state index < -0.39 is 21.8 Å². The largest absolute Gasteiger partial charge is 0.673 e. The number of ether oxygens (including phenoxy) is 1. The van der Waals surface area contributed by atoms with E-state index in [-0.39, 0.29) is 0 Å². The first-order valence-electron chi connectivity index (χ1n) is 6.28. The maximum absolute atomic E-state index is 9.75. The molecule has 154 valence electrons. The molecule has 0 bridgehead atoms. The second-order valence-corrected chi connectivity index (χ2v) is 3.77. The summed E-state index contributed by atoms with van der Waals surface area (Å²) in [6.07, 6.45) is 1.75. The lowest BCUT2D eigenvalue weighted by Gasteiger charge is -1.99. The molecule has 1 aromatic rings. The van der Waals surface area contributed by atoms with Crippen LogP contribution >= 0.6 is 0 Å². The Bertz CT molecular complexity index is 399. The fraction of sp³-hybridized carbons (Fsp3) is 0.200. The maximum Gasteiger partial charge on any atom is 0.673 e. The third-order valence-corrected chi connectivity index (χ3v) is 1.35. The van der Waals surface area contributed by atoms with Crippen LogP contribution in [-0.4, -0.2) is 28.4 Å². The molecule has 0 amide bonds. The van der Waals surface area contributed by atoms with Gasteiger partial charge in [-0.3, -0.25) is 0 Å². The minimum atomic E-state index is -6.00. The van der Waals surface area contributed by atoms with E-state index in [1.54, 1.807) is 6.08 Å². The van der Waals surface area contributed by atoms with Crippen molar-refractivity contribution >= 4 is 21.8 Å². The SMILES string of the molecule is C=CCOCc1ccccc1.F[B-](F)(F)F.F[B-](F)(F)F.F[B-](F)(F)F. The van der Waals surface area contributed by atoms with Crippen molar-refractivity contribution < 1.29 is 56.5 Å². The highest BCUT2D eigenvalue weighted by Gasteiger charge is 2.21. The third kappa shape index (κ3) is 79.3. The Morgan fingerprint density at radius 2 is 1.00 bits per heavy atom. The van der Waals surface area contributed by atoms with Crippen molar-refractivity contribution in [2.45, 2.75) is 6.61 Å². The standard InChI is InChI=1S/C10H12O.3BF4/c1-2-8-11-9-10-6-4-3-5-7-10;3*2-1(3,4)5/h2-7H,1,8-9H2;;;/q;3*-1. The summed E-state index contributed by atoms with van der Waals surface area (Å²) < 4.78 is 122. The average molecular weight is 409 g/mol. The Hall–Kier alpha value is -1.73. The topological polar surface area (TPSA) is 9.23 Å². The van der Waals surface area contributed by atoms with E-state index in [0.717, 1.165) is 0 Å². The molecule has 0 radical (unpaired) electrons. The molecule has 1 rings (SSSR count). The third-order valence-electron chi connectivity index (χ3n) is 1.35. The first kappa shape index (κ1) is 29.1. The first-order chi connectivity index (χ1) is 11.4. The van der Waals surface area contributed by atoms with E-state index in [0.29, 0.717) is 13.2 Å². The number of hydrogen-bond acceptors (Lipinski definition) is 1. The molecule has 0 spiro atoms. The van der Waals surface area contributed by atoms with Gasteiger partial charge in [-0.1, -0.05) is 36.4 Å². The van der Waals surface area contributed by atoms with Gasteiger partial charge in [0.15, 0.2) is 0 Å². The lowest BCUT2D eigenvalue weighted by atomic mass is 10.2. The summed E-state index contributed by atoms with van der Waals surface area (Å²) in [4.78, 5) is 0. The highest BCUT2D eigenvalue weighted by Crippen LogP contribution is 2.07. The predicted octanol–water partition coefficient (Wildman–Crippen LogP) is 6.29. The van der Waals surface area contributed by atoms with Gasteiger partial charge in [-0.15, -0.1) is 6.58 Å². The van der Waals surface area contributed by atoms with Crippen molar-refractivity contribution in [1.29, 1.82) is 0 Å². The zero-order valence-electron chi connectivity index (χ0n) is 12.8. The van der Waals surface area contributed by atoms with Gasteiger partial charge in [-0.25, -0.2) is 0 Å². The first-order valence-corrected chi connectivity index (χ1v) is 6.28. The van der Waals surface area contributed by atoms with E-state index in [9.17, 15) is 51.8 Å². The van der Waals surface area contributed by atoms with E-state index in [4.69, 9.17) is 4.74 Å². The highest BCUT2D eigenvalue weighted by molar-refractivity contribution is 6.50. The van der Waals surface area contributed by atoms with Crippen molar-refractivity contribution in [3.8, 4) is 0 Å². The van der Waals surface area contributed by atoms with Gasteiger partial charge in [0.25, 0.3) is 0 Å². The predicted molar refractivity (Wildman–Crippen MR) is 76.9 cm³/mol. The number of benzene rings is 1. The normalized spacial score (nSPS) is 10.9. The second-order valence-electron chi connectivity index (χ2n) is 3.77. The molecular formula is C10H12B3F12O-3. The molecule has 26 heavy (non-hydrogen) atoms. The fourth-order valence-electron chi connectivity index (χ4n) is 0.834. The van der Waals surface area contributed by atoms with Crippen molar-refractivity contribution in [3.63, 3.8) is 0 Å². The van der Waals surface area contributed by atoms with Crippen LogP contribution in [0.5, 0.6) is 0 Å². The Morgan fingerprint density at radius 3 is 1.27 bits per heavy atom. The Kier molecular flexibility index (Phi) is 16.1. The minimum absolute atomic E-state index is 0.620. The van der Waals surface area contributed by atoms with Crippen LogP contribution in [0, 0.1) is 0 Å². The van der Waals surface area contributed by atoms with Crippen LogP contribution in [0.1, 0.15) is 5.56 Å². The van der Waals surface area contributed by atoms with Gasteiger partial charge in [-0.05, 0) is 5.56 Å². The molecule has 0 heterocycles. The zero-order chi connectivity index (χ0) is 21.4. The van der Waals surface area contributed by atoms with E-state index >= 15 is 0 Å². The van der Waals surface area contributed by atoms with Crippen molar-refractivity contribution in [2.75, 3.05) is 6.61 Å². The molecule has 0 saturated carbocycles. The Balaban J connectivity index is -0.000000300. The molecule has 16 heteroatoms. The number of rotatable bonds is 4. The van der Waals surface area contributed by atoms with Crippen molar-refractivity contribution in [2.24, 2.45) is 0 Å². The molecule has 0 unspecified atom stereocenters. The lowest BCUT2D eigenvalue weighted by molar-refractivity contribution is 0.149. The van der Waals surface area contributed by atoms with E-state index in [1.165, 1.54) is 5.56 Å². The van der Waals surface area contributed by atoms with Gasteiger partial charge >= 0.3 is 21.8 Å². The summed E-state index contributed by atoms with van der Waals surface area (Å²) in [7, 11) is -18.0. The molecule has 0 fully saturated rings. The molecule has 0 aliphatic carbocycles. The average Bonchev–Trinajstić information content (AvgIpc) is 2.34. The lowest BCUT2D eigenvalue weighted by Crippen LogP contribution is -2.02. The highest BCUT2D eigenvalue weighted by atomic mass is 19.5. The number of halogens is 12. The molecule has 1 nitrogen and oxygen atoms in total. The molecule has 0 aromatic heterocycles. The van der Waals surface area contributed by atoms with Crippen LogP contribution in [0.15, 0.2) is 43.0 Å². The molecule has 0 saturated heterocycles. The van der Waals surface area contributed by atoms with Crippen LogP contribution < -0.4 is 0 Å². The summed E-state index contributed by atoms with van der Waals surface area (Å²) in [5.41, 5.74) is 1.20. The monoisotopic (exact) mass is 409 g/mol. The van der Waals surface area contributed by atoms with Gasteiger partial charge in [0.05, 0.1) is 13.2 Å². The molecule has 0 N–H and O–H groups in total. The van der Waals surface area contributed by atoms with Crippen molar-refractivity contribution in [3.05, 3.63) is 48.6 Å². The van der Waals surface area contributed by atoms with Gasteiger partial charge in [-0.2, -0.15) is 0 Å². The maximum atomic E-state index is 9.75. The Morgan fingerprint density at radius 1 is 0.692 bits per heavy atom. The quantitative estimate of drug-likeness (QED) is 0.246. The second kappa shape index (κ2) is 14.4. The van der Waals surface area contributed by atoms with E-state index in [2.05, 4.69) is 6.58 Å². The molecule has 0 atom stereocenters. The van der Waals surface area contributed by atoms with Gasteiger partial charge < -0.3 is 56.5 Å². The van der Waals surface area contributed by atoms with Gasteiger partial charge in [0.1, 0.15) is 0 Å². The van der Waals surface area contributed by atoms with E-state index in [1.807, 2.05) is 30.3 Å². The van der Waals surface area contributed by atoms with Crippen LogP contribution in [0.3, 0.4) is 0 Å². The summed E-state index contributed by atoms with van der Waals surface area (Å²) in [5.74, 6) is 0. The fourth-order valence-corrected chi connectivity index (χ4v) is 0.834. The molecule has 0 aliphatic rings. The van der Waals surface area contributed by atoms with Crippen LogP contribution in [0.25, 0.3) is 0 Å². The summed E-state index contributed by atoms with van der Waals surface area (Å²) in [6.45, 7) is 4.86. The van der Waals surface area contributed by atoms with Gasteiger partial charge in [0, 0.05) is 0 Å².